The van der Waals surface area contributed by atoms with Crippen molar-refractivity contribution in [2.45, 2.75) is 26.3 Å². The fraction of sp³-hybridized carbons (Fsp3) is 0.571. The van der Waals surface area contributed by atoms with Crippen molar-refractivity contribution in [3.8, 4) is 0 Å². The van der Waals surface area contributed by atoms with E-state index in [0.717, 1.165) is 12.0 Å². The van der Waals surface area contributed by atoms with Gasteiger partial charge in [0.25, 0.3) is 0 Å². The smallest absolute Gasteiger partial charge is 0.123 e. The Morgan fingerprint density at radius 1 is 1.24 bits per heavy atom. The van der Waals surface area contributed by atoms with Crippen LogP contribution in [-0.2, 0) is 0 Å². The van der Waals surface area contributed by atoms with Gasteiger partial charge in [0.2, 0.25) is 0 Å². The Balaban J connectivity index is 2.90. The molecule has 0 saturated heterocycles. The SMILES string of the molecule is CN(C)C(CC(C)(C)CN)c1ccc(F)cc1. The predicted octanol–water partition coefficient (Wildman–Crippen LogP) is 2.80. The Morgan fingerprint density at radius 2 is 1.76 bits per heavy atom. The second-order valence-electron chi connectivity index (χ2n) is 5.60. The minimum absolute atomic E-state index is 0.0866. The summed E-state index contributed by atoms with van der Waals surface area (Å²) in [6.07, 6.45) is 0.960. The first-order valence-corrected chi connectivity index (χ1v) is 5.98. The minimum atomic E-state index is -0.190. The van der Waals surface area contributed by atoms with E-state index >= 15 is 0 Å². The lowest BCUT2D eigenvalue weighted by atomic mass is 9.83. The Hall–Kier alpha value is -0.930. The van der Waals surface area contributed by atoms with E-state index in [1.54, 1.807) is 0 Å². The lowest BCUT2D eigenvalue weighted by Crippen LogP contribution is -2.31. The third kappa shape index (κ3) is 4.10. The molecule has 1 aromatic rings. The summed E-state index contributed by atoms with van der Waals surface area (Å²) < 4.78 is 12.9. The van der Waals surface area contributed by atoms with Crippen LogP contribution in [0.5, 0.6) is 0 Å². The zero-order valence-corrected chi connectivity index (χ0v) is 11.2. The summed E-state index contributed by atoms with van der Waals surface area (Å²) in [5.74, 6) is -0.190. The highest BCUT2D eigenvalue weighted by Crippen LogP contribution is 2.32. The van der Waals surface area contributed by atoms with Gasteiger partial charge in [-0.1, -0.05) is 26.0 Å². The molecule has 0 spiro atoms. The molecule has 1 unspecified atom stereocenters. The summed E-state index contributed by atoms with van der Waals surface area (Å²) in [5.41, 5.74) is 7.00. The lowest BCUT2D eigenvalue weighted by Gasteiger charge is -2.32. The highest BCUT2D eigenvalue weighted by atomic mass is 19.1. The van der Waals surface area contributed by atoms with Gasteiger partial charge in [-0.15, -0.1) is 0 Å². The van der Waals surface area contributed by atoms with Gasteiger partial charge in [-0.05, 0) is 50.2 Å². The van der Waals surface area contributed by atoms with E-state index in [2.05, 4.69) is 18.7 Å². The fourth-order valence-electron chi connectivity index (χ4n) is 1.89. The first-order chi connectivity index (χ1) is 7.85. The van der Waals surface area contributed by atoms with Crippen molar-refractivity contribution < 1.29 is 4.39 Å². The first-order valence-electron chi connectivity index (χ1n) is 5.98. The molecule has 96 valence electrons. The van der Waals surface area contributed by atoms with Gasteiger partial charge in [0, 0.05) is 6.04 Å². The van der Waals surface area contributed by atoms with Gasteiger partial charge >= 0.3 is 0 Å². The van der Waals surface area contributed by atoms with Crippen LogP contribution in [0.4, 0.5) is 4.39 Å². The summed E-state index contributed by atoms with van der Waals surface area (Å²) >= 11 is 0. The molecule has 0 aliphatic carbocycles. The molecule has 0 aromatic heterocycles. The van der Waals surface area contributed by atoms with Crippen molar-refractivity contribution in [1.29, 1.82) is 0 Å². The highest BCUT2D eigenvalue weighted by molar-refractivity contribution is 5.20. The Bertz CT molecular complexity index is 344. The summed E-state index contributed by atoms with van der Waals surface area (Å²) in [5, 5.41) is 0. The Morgan fingerprint density at radius 3 is 2.18 bits per heavy atom. The van der Waals surface area contributed by atoms with Gasteiger partial charge in [-0.25, -0.2) is 4.39 Å². The molecule has 0 heterocycles. The predicted molar refractivity (Wildman–Crippen MR) is 70.3 cm³/mol. The lowest BCUT2D eigenvalue weighted by molar-refractivity contribution is 0.202. The van der Waals surface area contributed by atoms with Crippen molar-refractivity contribution in [3.63, 3.8) is 0 Å². The van der Waals surface area contributed by atoms with E-state index in [1.165, 1.54) is 12.1 Å². The van der Waals surface area contributed by atoms with E-state index in [4.69, 9.17) is 5.73 Å². The van der Waals surface area contributed by atoms with Gasteiger partial charge in [0.1, 0.15) is 5.82 Å². The van der Waals surface area contributed by atoms with Crippen LogP contribution in [0.1, 0.15) is 31.9 Å². The van der Waals surface area contributed by atoms with Gasteiger partial charge in [-0.2, -0.15) is 0 Å². The maximum atomic E-state index is 12.9. The van der Waals surface area contributed by atoms with Crippen molar-refractivity contribution >= 4 is 0 Å². The molecule has 1 atom stereocenters. The topological polar surface area (TPSA) is 29.3 Å². The van der Waals surface area contributed by atoms with Gasteiger partial charge in [0.05, 0.1) is 0 Å². The van der Waals surface area contributed by atoms with Crippen molar-refractivity contribution in [2.24, 2.45) is 11.1 Å². The third-order valence-electron chi connectivity index (χ3n) is 3.18. The maximum absolute atomic E-state index is 12.9. The molecule has 1 aromatic carbocycles. The molecule has 2 nitrogen and oxygen atoms in total. The summed E-state index contributed by atoms with van der Waals surface area (Å²) in [6.45, 7) is 4.97. The monoisotopic (exact) mass is 238 g/mol. The number of halogens is 1. The number of hydrogen-bond donors (Lipinski definition) is 1. The van der Waals surface area contributed by atoms with Crippen LogP contribution in [0.3, 0.4) is 0 Å². The van der Waals surface area contributed by atoms with Crippen LogP contribution in [0.25, 0.3) is 0 Å². The minimum Gasteiger partial charge on any atom is -0.330 e. The van der Waals surface area contributed by atoms with E-state index in [-0.39, 0.29) is 17.3 Å². The number of nitrogens with two attached hydrogens (primary N) is 1. The zero-order chi connectivity index (χ0) is 13.1. The largest absolute Gasteiger partial charge is 0.330 e. The molecule has 0 aliphatic heterocycles. The molecule has 0 fully saturated rings. The second kappa shape index (κ2) is 5.61. The molecule has 3 heteroatoms. The quantitative estimate of drug-likeness (QED) is 0.854. The van der Waals surface area contributed by atoms with Crippen LogP contribution < -0.4 is 5.73 Å². The standard InChI is InChI=1S/C14H23FN2/c1-14(2,10-16)9-13(17(3)4)11-5-7-12(15)8-6-11/h5-8,13H,9-10,16H2,1-4H3. The van der Waals surface area contributed by atoms with E-state index < -0.39 is 0 Å². The summed E-state index contributed by atoms with van der Waals surface area (Å²) in [4.78, 5) is 2.16. The first kappa shape index (κ1) is 14.1. The molecular formula is C14H23FN2. The van der Waals surface area contributed by atoms with Gasteiger partial charge < -0.3 is 10.6 Å². The summed E-state index contributed by atoms with van der Waals surface area (Å²) in [7, 11) is 4.08. The average molecular weight is 238 g/mol. The molecule has 0 amide bonds. The normalized spacial score (nSPS) is 14.1. The zero-order valence-electron chi connectivity index (χ0n) is 11.2. The maximum Gasteiger partial charge on any atom is 0.123 e. The van der Waals surface area contributed by atoms with Crippen LogP contribution in [0.15, 0.2) is 24.3 Å². The molecule has 17 heavy (non-hydrogen) atoms. The number of nitrogens with zero attached hydrogens (tertiary/aromatic N) is 1. The molecular weight excluding hydrogens is 215 g/mol. The Labute approximate surface area is 104 Å². The van der Waals surface area contributed by atoms with Crippen LogP contribution in [0.2, 0.25) is 0 Å². The van der Waals surface area contributed by atoms with Gasteiger partial charge in [-0.3, -0.25) is 0 Å². The number of benzene rings is 1. The highest BCUT2D eigenvalue weighted by Gasteiger charge is 2.24. The average Bonchev–Trinajstić information content (AvgIpc) is 2.27. The van der Waals surface area contributed by atoms with E-state index in [9.17, 15) is 4.39 Å². The van der Waals surface area contributed by atoms with Crippen LogP contribution in [-0.4, -0.2) is 25.5 Å². The summed E-state index contributed by atoms with van der Waals surface area (Å²) in [6, 6.07) is 7.01. The van der Waals surface area contributed by atoms with E-state index in [1.807, 2.05) is 26.2 Å². The molecule has 0 radical (unpaired) electrons. The molecule has 0 saturated carbocycles. The van der Waals surface area contributed by atoms with Crippen LogP contribution in [0, 0.1) is 11.2 Å². The van der Waals surface area contributed by atoms with Crippen molar-refractivity contribution in [1.82, 2.24) is 4.90 Å². The Kier molecular flexibility index (Phi) is 4.66. The number of rotatable bonds is 5. The van der Waals surface area contributed by atoms with Crippen molar-refractivity contribution in [3.05, 3.63) is 35.6 Å². The number of hydrogen-bond acceptors (Lipinski definition) is 2. The second-order valence-corrected chi connectivity index (χ2v) is 5.60. The van der Waals surface area contributed by atoms with E-state index in [0.29, 0.717) is 6.54 Å². The molecule has 0 aliphatic rings. The van der Waals surface area contributed by atoms with Crippen molar-refractivity contribution in [2.75, 3.05) is 20.6 Å². The van der Waals surface area contributed by atoms with Crippen LogP contribution >= 0.6 is 0 Å². The molecule has 2 N–H and O–H groups in total. The van der Waals surface area contributed by atoms with Gasteiger partial charge in [0.15, 0.2) is 0 Å². The fourth-order valence-corrected chi connectivity index (χ4v) is 1.89. The third-order valence-corrected chi connectivity index (χ3v) is 3.18. The molecule has 1 rings (SSSR count). The molecule has 0 bridgehead atoms.